The Bertz CT molecular complexity index is 1190. The number of nitrogens with zero attached hydrogens (tertiary/aromatic N) is 2. The number of nitriles is 1. The largest absolute Gasteiger partial charge is 0.484 e. The van der Waals surface area contributed by atoms with Crippen LogP contribution in [0.1, 0.15) is 18.1 Å². The van der Waals surface area contributed by atoms with Gasteiger partial charge in [-0.05, 0) is 42.8 Å². The second-order valence-electron chi connectivity index (χ2n) is 6.91. The number of hydrogen-bond donors (Lipinski definition) is 3. The van der Waals surface area contributed by atoms with Gasteiger partial charge in [-0.25, -0.2) is 13.2 Å². The van der Waals surface area contributed by atoms with E-state index in [0.29, 0.717) is 5.56 Å². The van der Waals surface area contributed by atoms with E-state index in [1.807, 2.05) is 6.07 Å². The van der Waals surface area contributed by atoms with Gasteiger partial charge in [-0.3, -0.25) is 14.4 Å². The molecule has 162 valence electrons. The van der Waals surface area contributed by atoms with E-state index in [1.54, 1.807) is 13.0 Å². The maximum Gasteiger partial charge on any atom is 0.409 e. The summed E-state index contributed by atoms with van der Waals surface area (Å²) in [5.74, 6) is -0.0734. The Labute approximate surface area is 179 Å². The lowest BCUT2D eigenvalue weighted by atomic mass is 10.1. The van der Waals surface area contributed by atoms with Crippen LogP contribution in [0.15, 0.2) is 41.3 Å². The van der Waals surface area contributed by atoms with E-state index >= 15 is 0 Å². The van der Waals surface area contributed by atoms with Crippen molar-refractivity contribution < 1.29 is 27.9 Å². The fraction of sp³-hybridized carbons (Fsp3) is 0.250. The van der Waals surface area contributed by atoms with Crippen LogP contribution in [0.3, 0.4) is 0 Å². The van der Waals surface area contributed by atoms with Crippen LogP contribution < -0.4 is 19.7 Å². The Morgan fingerprint density at radius 2 is 2.03 bits per heavy atom. The molecule has 11 heteroatoms. The number of fused-ring (bicyclic) bond motifs is 1. The zero-order valence-corrected chi connectivity index (χ0v) is 17.6. The number of rotatable bonds is 5. The van der Waals surface area contributed by atoms with E-state index in [4.69, 9.17) is 9.84 Å². The fourth-order valence-corrected chi connectivity index (χ4v) is 4.64. The van der Waals surface area contributed by atoms with Gasteiger partial charge in [-0.15, -0.1) is 0 Å². The highest BCUT2D eigenvalue weighted by atomic mass is 32.2. The van der Waals surface area contributed by atoms with Crippen molar-refractivity contribution in [2.75, 3.05) is 22.7 Å². The molecular formula is C20H20N4O6S. The normalized spacial score (nSPS) is 15.3. The monoisotopic (exact) mass is 444 g/mol. The van der Waals surface area contributed by atoms with Crippen LogP contribution in [0, 0.1) is 18.3 Å². The molecule has 0 fully saturated rings. The summed E-state index contributed by atoms with van der Waals surface area (Å²) in [6.07, 6.45) is -1.97. The molecule has 0 saturated heterocycles. The number of nitrogens with one attached hydrogen (secondary N) is 2. The molecule has 0 aromatic heterocycles. The van der Waals surface area contributed by atoms with E-state index in [1.165, 1.54) is 37.3 Å². The smallest absolute Gasteiger partial charge is 0.409 e. The molecule has 31 heavy (non-hydrogen) atoms. The van der Waals surface area contributed by atoms with Gasteiger partial charge in [0.2, 0.25) is 5.91 Å². The molecule has 1 aliphatic rings. The molecule has 10 nitrogen and oxygen atoms in total. The summed E-state index contributed by atoms with van der Waals surface area (Å²) in [4.78, 5) is 22.2. The topological polar surface area (TPSA) is 149 Å². The van der Waals surface area contributed by atoms with Crippen molar-refractivity contribution in [1.29, 1.82) is 5.26 Å². The molecule has 0 aliphatic carbocycles. The van der Waals surface area contributed by atoms with E-state index < -0.39 is 22.2 Å². The Morgan fingerprint density at radius 3 is 2.68 bits per heavy atom. The van der Waals surface area contributed by atoms with Gasteiger partial charge in [-0.2, -0.15) is 5.26 Å². The number of sulfonamides is 1. The van der Waals surface area contributed by atoms with Crippen LogP contribution in [0.2, 0.25) is 0 Å². The van der Waals surface area contributed by atoms with Gasteiger partial charge in [-0.1, -0.05) is 6.07 Å². The number of carboxylic acid groups (broad SMARTS) is 1. The van der Waals surface area contributed by atoms with Crippen LogP contribution >= 0.6 is 0 Å². The summed E-state index contributed by atoms with van der Waals surface area (Å²) < 4.78 is 33.9. The molecule has 0 saturated carbocycles. The van der Waals surface area contributed by atoms with Gasteiger partial charge < -0.3 is 15.2 Å². The van der Waals surface area contributed by atoms with Gasteiger partial charge in [0.05, 0.1) is 35.3 Å². The Hall–Kier alpha value is -3.78. The zero-order valence-electron chi connectivity index (χ0n) is 16.7. The van der Waals surface area contributed by atoms with Crippen molar-refractivity contribution in [3.05, 3.63) is 47.5 Å². The van der Waals surface area contributed by atoms with Gasteiger partial charge >= 0.3 is 6.09 Å². The zero-order chi connectivity index (χ0) is 22.8. The lowest BCUT2D eigenvalue weighted by Gasteiger charge is -2.35. The van der Waals surface area contributed by atoms with Crippen molar-refractivity contribution in [2.45, 2.75) is 24.8 Å². The fourth-order valence-electron chi connectivity index (χ4n) is 3.11. The van der Waals surface area contributed by atoms with E-state index in [0.717, 1.165) is 4.31 Å². The quantitative estimate of drug-likeness (QED) is 0.639. The summed E-state index contributed by atoms with van der Waals surface area (Å²) in [6, 6.07) is 10.5. The highest BCUT2D eigenvalue weighted by Gasteiger charge is 2.35. The number of benzene rings is 2. The molecule has 0 bridgehead atoms. The van der Waals surface area contributed by atoms with Gasteiger partial charge in [0.15, 0.2) is 0 Å². The lowest BCUT2D eigenvalue weighted by Crippen LogP contribution is -2.48. The standard InChI is InChI=1S/C20H20N4O6S/c1-12-3-5-17(7-14(12)9-21)31(28,29)24-11-16(10-22-13(2)25)30-19-6-4-15(8-18(19)24)23-20(26)27/h3-8,16,23H,10-11H2,1-2H3,(H,22,25)(H,26,27). The van der Waals surface area contributed by atoms with Crippen LogP contribution in [0.5, 0.6) is 5.75 Å². The van der Waals surface area contributed by atoms with Gasteiger partial charge in [0, 0.05) is 12.6 Å². The van der Waals surface area contributed by atoms with Crippen LogP contribution in [0.25, 0.3) is 0 Å². The molecular weight excluding hydrogens is 424 g/mol. The number of carbonyl (C=O) groups excluding carboxylic acids is 1. The molecule has 1 heterocycles. The number of aryl methyl sites for hydroxylation is 1. The third-order valence-corrected chi connectivity index (χ3v) is 6.41. The predicted molar refractivity (Wildman–Crippen MR) is 112 cm³/mol. The molecule has 2 aromatic carbocycles. The number of amides is 2. The first kappa shape index (κ1) is 21.9. The van der Waals surface area contributed by atoms with Gasteiger partial charge in [0.1, 0.15) is 11.9 Å². The second kappa shape index (κ2) is 8.53. The molecule has 3 N–H and O–H groups in total. The SMILES string of the molecule is CC(=O)NCC1CN(S(=O)(=O)c2ccc(C)c(C#N)c2)c2cc(NC(=O)O)ccc2O1. The molecule has 1 atom stereocenters. The first-order valence-electron chi connectivity index (χ1n) is 9.20. The van der Waals surface area contributed by atoms with Crippen molar-refractivity contribution in [3.8, 4) is 11.8 Å². The maximum absolute atomic E-state index is 13.5. The molecule has 1 unspecified atom stereocenters. The van der Waals surface area contributed by atoms with Crippen molar-refractivity contribution in [2.24, 2.45) is 0 Å². The second-order valence-corrected chi connectivity index (χ2v) is 8.78. The van der Waals surface area contributed by atoms with Crippen LogP contribution in [-0.2, 0) is 14.8 Å². The van der Waals surface area contributed by atoms with Gasteiger partial charge in [0.25, 0.3) is 10.0 Å². The minimum absolute atomic E-state index is 0.0767. The number of anilines is 2. The summed E-state index contributed by atoms with van der Waals surface area (Å²) in [7, 11) is -4.13. The molecule has 1 aliphatic heterocycles. The molecule has 3 rings (SSSR count). The summed E-state index contributed by atoms with van der Waals surface area (Å²) in [5, 5.41) is 23.0. The number of carbonyl (C=O) groups is 2. The Kier molecular flexibility index (Phi) is 6.03. The lowest BCUT2D eigenvalue weighted by molar-refractivity contribution is -0.119. The molecule has 0 spiro atoms. The third-order valence-electron chi connectivity index (χ3n) is 4.64. The number of ether oxygens (including phenoxy) is 1. The highest BCUT2D eigenvalue weighted by Crippen LogP contribution is 2.39. The van der Waals surface area contributed by atoms with E-state index in [9.17, 15) is 23.3 Å². The molecule has 2 amide bonds. The maximum atomic E-state index is 13.5. The van der Waals surface area contributed by atoms with Crippen LogP contribution in [-0.4, -0.2) is 44.7 Å². The first-order valence-corrected chi connectivity index (χ1v) is 10.6. The predicted octanol–water partition coefficient (Wildman–Crippen LogP) is 2.05. The minimum atomic E-state index is -4.13. The Balaban J connectivity index is 2.08. The molecule has 2 aromatic rings. The van der Waals surface area contributed by atoms with Crippen molar-refractivity contribution in [1.82, 2.24) is 5.32 Å². The number of hydrogen-bond acceptors (Lipinski definition) is 6. The summed E-state index contributed by atoms with van der Waals surface area (Å²) >= 11 is 0. The average Bonchev–Trinajstić information content (AvgIpc) is 2.71. The first-order chi connectivity index (χ1) is 14.6. The average molecular weight is 444 g/mol. The third kappa shape index (κ3) is 4.70. The van der Waals surface area contributed by atoms with Crippen LogP contribution in [0.4, 0.5) is 16.2 Å². The summed E-state index contributed by atoms with van der Waals surface area (Å²) in [6.45, 7) is 2.99. The van der Waals surface area contributed by atoms with E-state index in [2.05, 4.69) is 10.6 Å². The van der Waals surface area contributed by atoms with E-state index in [-0.39, 0.29) is 46.6 Å². The molecule has 0 radical (unpaired) electrons. The highest BCUT2D eigenvalue weighted by molar-refractivity contribution is 7.92. The minimum Gasteiger partial charge on any atom is -0.484 e. The Morgan fingerprint density at radius 1 is 1.29 bits per heavy atom. The van der Waals surface area contributed by atoms with Crippen molar-refractivity contribution >= 4 is 33.4 Å². The van der Waals surface area contributed by atoms with Crippen molar-refractivity contribution in [3.63, 3.8) is 0 Å². The summed E-state index contributed by atoms with van der Waals surface area (Å²) in [5.41, 5.74) is 1.17.